The molecular formula is C29H32N6O2. The number of nitrogens with one attached hydrogen (secondary N) is 2. The summed E-state index contributed by atoms with van der Waals surface area (Å²) in [4.78, 5) is 36.1. The van der Waals surface area contributed by atoms with Crippen LogP contribution >= 0.6 is 0 Å². The minimum atomic E-state index is -0.0600. The van der Waals surface area contributed by atoms with Crippen molar-refractivity contribution in [3.05, 3.63) is 72.1 Å². The second kappa shape index (κ2) is 10.0. The highest BCUT2D eigenvalue weighted by molar-refractivity contribution is 5.95. The number of benzene rings is 2. The zero-order chi connectivity index (χ0) is 26.1. The number of amides is 2. The van der Waals surface area contributed by atoms with E-state index in [9.17, 15) is 9.59 Å². The third kappa shape index (κ3) is 5.33. The minimum Gasteiger partial charge on any atom is -0.367 e. The van der Waals surface area contributed by atoms with Gasteiger partial charge in [0, 0.05) is 55.1 Å². The molecule has 2 amide bonds. The quantitative estimate of drug-likeness (QED) is 0.368. The van der Waals surface area contributed by atoms with Gasteiger partial charge in [-0.2, -0.15) is 0 Å². The van der Waals surface area contributed by atoms with Crippen molar-refractivity contribution in [2.45, 2.75) is 32.7 Å². The Morgan fingerprint density at radius 1 is 1.05 bits per heavy atom. The molecule has 2 heterocycles. The fourth-order valence-corrected chi connectivity index (χ4v) is 4.12. The molecule has 1 aliphatic carbocycles. The maximum absolute atomic E-state index is 12.6. The lowest BCUT2D eigenvalue weighted by atomic mass is 10.1. The van der Waals surface area contributed by atoms with Crippen molar-refractivity contribution in [1.29, 1.82) is 0 Å². The summed E-state index contributed by atoms with van der Waals surface area (Å²) in [5, 5.41) is 6.47. The number of imidazole rings is 1. The van der Waals surface area contributed by atoms with Crippen LogP contribution in [0.5, 0.6) is 0 Å². The lowest BCUT2D eigenvalue weighted by Gasteiger charge is -2.14. The van der Waals surface area contributed by atoms with E-state index in [-0.39, 0.29) is 11.8 Å². The van der Waals surface area contributed by atoms with Crippen LogP contribution in [0.15, 0.2) is 60.9 Å². The van der Waals surface area contributed by atoms with E-state index in [1.807, 2.05) is 65.3 Å². The Balaban J connectivity index is 1.56. The summed E-state index contributed by atoms with van der Waals surface area (Å²) < 4.78 is 2.02. The number of nitrogens with zero attached hydrogens (tertiary/aromatic N) is 4. The molecular weight excluding hydrogens is 464 g/mol. The molecule has 5 rings (SSSR count). The van der Waals surface area contributed by atoms with Crippen LogP contribution in [0.4, 0.5) is 5.82 Å². The van der Waals surface area contributed by atoms with Gasteiger partial charge in [0.1, 0.15) is 0 Å². The van der Waals surface area contributed by atoms with E-state index in [0.29, 0.717) is 28.9 Å². The first-order valence-corrected chi connectivity index (χ1v) is 12.7. The molecule has 0 spiro atoms. The van der Waals surface area contributed by atoms with Gasteiger partial charge in [0.15, 0.2) is 11.5 Å². The number of carbonyl (C=O) groups excluding carboxylic acids is 2. The van der Waals surface area contributed by atoms with E-state index in [1.54, 1.807) is 19.0 Å². The standard InChI is InChI=1S/C29H32N6O2/c1-18(2)15-30-26-27-31-16-25(19-8-10-20(11-9-19)28(36)32-23-12-13-23)35(27)17-24(33-26)21-6-5-7-22(14-21)29(37)34(3)4/h5-11,14,16-18,23H,12-13,15H2,1-4H3,(H,30,33)(H,32,36). The average Bonchev–Trinajstić information content (AvgIpc) is 3.61. The highest BCUT2D eigenvalue weighted by atomic mass is 16.2. The molecule has 0 aliphatic heterocycles. The molecule has 0 unspecified atom stereocenters. The number of aromatic nitrogens is 3. The summed E-state index contributed by atoms with van der Waals surface area (Å²) >= 11 is 0. The third-order valence-corrected chi connectivity index (χ3v) is 6.34. The maximum atomic E-state index is 12.6. The monoisotopic (exact) mass is 496 g/mol. The second-order valence-corrected chi connectivity index (χ2v) is 10.2. The van der Waals surface area contributed by atoms with Crippen LogP contribution < -0.4 is 10.6 Å². The fraction of sp³-hybridized carbons (Fsp3) is 0.310. The molecule has 190 valence electrons. The zero-order valence-corrected chi connectivity index (χ0v) is 21.7. The lowest BCUT2D eigenvalue weighted by molar-refractivity contribution is 0.0827. The molecule has 8 heteroatoms. The maximum Gasteiger partial charge on any atom is 0.253 e. The molecule has 0 radical (unpaired) electrons. The summed E-state index contributed by atoms with van der Waals surface area (Å²) in [6, 6.07) is 15.4. The van der Waals surface area contributed by atoms with E-state index in [2.05, 4.69) is 29.5 Å². The molecule has 0 atom stereocenters. The summed E-state index contributed by atoms with van der Waals surface area (Å²) in [7, 11) is 3.48. The Morgan fingerprint density at radius 2 is 1.81 bits per heavy atom. The summed E-state index contributed by atoms with van der Waals surface area (Å²) in [5.74, 6) is 1.01. The topological polar surface area (TPSA) is 91.6 Å². The average molecular weight is 497 g/mol. The van der Waals surface area contributed by atoms with Crippen molar-refractivity contribution in [1.82, 2.24) is 24.6 Å². The van der Waals surface area contributed by atoms with Gasteiger partial charge in [-0.05, 0) is 43.0 Å². The van der Waals surface area contributed by atoms with Crippen molar-refractivity contribution < 1.29 is 9.59 Å². The van der Waals surface area contributed by atoms with Crippen molar-refractivity contribution in [3.8, 4) is 22.5 Å². The Morgan fingerprint density at radius 3 is 2.49 bits per heavy atom. The molecule has 1 saturated carbocycles. The fourth-order valence-electron chi connectivity index (χ4n) is 4.12. The number of carbonyl (C=O) groups is 2. The molecule has 2 N–H and O–H groups in total. The molecule has 1 aliphatic rings. The van der Waals surface area contributed by atoms with Crippen molar-refractivity contribution >= 4 is 23.3 Å². The van der Waals surface area contributed by atoms with Crippen molar-refractivity contribution in [2.24, 2.45) is 5.92 Å². The van der Waals surface area contributed by atoms with Gasteiger partial charge < -0.3 is 15.5 Å². The van der Waals surface area contributed by atoms with Gasteiger partial charge in [-0.15, -0.1) is 0 Å². The predicted octanol–water partition coefficient (Wildman–Crippen LogP) is 4.73. The number of fused-ring (bicyclic) bond motifs is 1. The van der Waals surface area contributed by atoms with Gasteiger partial charge in [0.05, 0.1) is 17.6 Å². The van der Waals surface area contributed by atoms with Gasteiger partial charge in [-0.1, -0.05) is 38.1 Å². The SMILES string of the molecule is CC(C)CNc1nc(-c2cccc(C(=O)N(C)C)c2)cn2c(-c3ccc(C(=O)NC4CC4)cc3)cnc12. The number of rotatable bonds is 8. The van der Waals surface area contributed by atoms with Gasteiger partial charge >= 0.3 is 0 Å². The van der Waals surface area contributed by atoms with Crippen LogP contribution in [0.1, 0.15) is 47.4 Å². The molecule has 2 aromatic carbocycles. The van der Waals surface area contributed by atoms with Crippen LogP contribution in [0.25, 0.3) is 28.2 Å². The van der Waals surface area contributed by atoms with Crippen LogP contribution in [-0.2, 0) is 0 Å². The second-order valence-electron chi connectivity index (χ2n) is 10.2. The van der Waals surface area contributed by atoms with E-state index < -0.39 is 0 Å². The molecule has 8 nitrogen and oxygen atoms in total. The van der Waals surface area contributed by atoms with Gasteiger partial charge in [0.25, 0.3) is 11.8 Å². The summed E-state index contributed by atoms with van der Waals surface area (Å²) in [5.41, 5.74) is 5.37. The summed E-state index contributed by atoms with van der Waals surface area (Å²) in [6.07, 6.45) is 5.89. The molecule has 0 bridgehead atoms. The van der Waals surface area contributed by atoms with Crippen LogP contribution in [-0.4, -0.2) is 57.8 Å². The molecule has 1 fully saturated rings. The van der Waals surface area contributed by atoms with Gasteiger partial charge in [0.2, 0.25) is 0 Å². The minimum absolute atomic E-state index is 0.0361. The molecule has 37 heavy (non-hydrogen) atoms. The first-order chi connectivity index (χ1) is 17.8. The van der Waals surface area contributed by atoms with Crippen molar-refractivity contribution in [2.75, 3.05) is 26.0 Å². The normalized spacial score (nSPS) is 13.1. The van der Waals surface area contributed by atoms with E-state index in [4.69, 9.17) is 4.98 Å². The first kappa shape index (κ1) is 24.5. The van der Waals surface area contributed by atoms with Crippen LogP contribution in [0.2, 0.25) is 0 Å². The van der Waals surface area contributed by atoms with Crippen LogP contribution in [0.3, 0.4) is 0 Å². The molecule has 2 aromatic heterocycles. The largest absolute Gasteiger partial charge is 0.367 e. The van der Waals surface area contributed by atoms with E-state index in [1.165, 1.54) is 0 Å². The van der Waals surface area contributed by atoms with Gasteiger partial charge in [-0.3, -0.25) is 14.0 Å². The zero-order valence-electron chi connectivity index (χ0n) is 21.7. The Bertz CT molecular complexity index is 1450. The third-order valence-electron chi connectivity index (χ3n) is 6.34. The van der Waals surface area contributed by atoms with Crippen molar-refractivity contribution in [3.63, 3.8) is 0 Å². The Labute approximate surface area is 216 Å². The van der Waals surface area contributed by atoms with E-state index >= 15 is 0 Å². The van der Waals surface area contributed by atoms with Gasteiger partial charge in [-0.25, -0.2) is 9.97 Å². The Hall–Kier alpha value is -4.20. The number of hydrogen-bond donors (Lipinski definition) is 2. The number of anilines is 1. The molecule has 0 saturated heterocycles. The highest BCUT2D eigenvalue weighted by Crippen LogP contribution is 2.29. The van der Waals surface area contributed by atoms with E-state index in [0.717, 1.165) is 47.5 Å². The molecule has 4 aromatic rings. The number of hydrogen-bond acceptors (Lipinski definition) is 5. The Kier molecular flexibility index (Phi) is 6.65. The first-order valence-electron chi connectivity index (χ1n) is 12.7. The smallest absolute Gasteiger partial charge is 0.253 e. The highest BCUT2D eigenvalue weighted by Gasteiger charge is 2.24. The van der Waals surface area contributed by atoms with Crippen LogP contribution in [0, 0.1) is 5.92 Å². The predicted molar refractivity (Wildman–Crippen MR) is 146 cm³/mol. The summed E-state index contributed by atoms with van der Waals surface area (Å²) in [6.45, 7) is 5.03. The lowest BCUT2D eigenvalue weighted by Crippen LogP contribution is -2.25.